The van der Waals surface area contributed by atoms with Gasteiger partial charge in [-0.25, -0.2) is 9.78 Å². The molecule has 41 heavy (non-hydrogen) atoms. The van der Waals surface area contributed by atoms with Gasteiger partial charge in [-0.05, 0) is 64.7 Å². The van der Waals surface area contributed by atoms with Gasteiger partial charge in [0.2, 0.25) is 11.8 Å². The molecule has 0 aliphatic carbocycles. The quantitative estimate of drug-likeness (QED) is 0.144. The zero-order valence-corrected chi connectivity index (χ0v) is 26.9. The van der Waals surface area contributed by atoms with Gasteiger partial charge >= 0.3 is 6.09 Å². The summed E-state index contributed by atoms with van der Waals surface area (Å²) in [5.74, 6) is 1.53. The first-order chi connectivity index (χ1) is 19.3. The fourth-order valence-corrected chi connectivity index (χ4v) is 4.86. The van der Waals surface area contributed by atoms with Gasteiger partial charge in [-0.3, -0.25) is 10.2 Å². The van der Waals surface area contributed by atoms with Crippen molar-refractivity contribution >= 4 is 57.8 Å². The predicted molar refractivity (Wildman–Crippen MR) is 167 cm³/mol. The molecule has 0 unspecified atom stereocenters. The van der Waals surface area contributed by atoms with E-state index in [1.807, 2.05) is 43.7 Å². The number of carbonyl (C=O) groups excluding carboxylic acids is 2. The van der Waals surface area contributed by atoms with Crippen LogP contribution >= 0.6 is 23.2 Å². The minimum Gasteiger partial charge on any atom is -0.480 e. The number of ether oxygens (including phenoxy) is 2. The number of alkyl carbamates (subject to hydrolysis) is 1. The Morgan fingerprint density at radius 3 is 2.34 bits per heavy atom. The number of anilines is 1. The number of aromatic nitrogens is 2. The molecule has 2 atom stereocenters. The van der Waals surface area contributed by atoms with Crippen LogP contribution in [-0.2, 0) is 27.7 Å². The maximum absolute atomic E-state index is 13.5. The second kappa shape index (κ2) is 16.1. The van der Waals surface area contributed by atoms with Gasteiger partial charge in [0.25, 0.3) is 0 Å². The first kappa shape index (κ1) is 34.5. The topological polar surface area (TPSA) is 122 Å². The maximum atomic E-state index is 13.5. The smallest absolute Gasteiger partial charge is 0.408 e. The molecule has 0 bridgehead atoms. The zero-order valence-electron chi connectivity index (χ0n) is 25.4. The lowest BCUT2D eigenvalue weighted by Gasteiger charge is -2.26. The van der Waals surface area contributed by atoms with E-state index in [0.717, 1.165) is 22.5 Å². The van der Waals surface area contributed by atoms with Gasteiger partial charge in [0, 0.05) is 44.0 Å². The minimum atomic E-state index is -0.910. The van der Waals surface area contributed by atoms with Crippen molar-refractivity contribution < 1.29 is 19.1 Å². The molecule has 0 aliphatic rings. The fourth-order valence-electron chi connectivity index (χ4n) is 4.46. The molecule has 230 valence electrons. The van der Waals surface area contributed by atoms with Gasteiger partial charge in [0.1, 0.15) is 23.5 Å². The van der Waals surface area contributed by atoms with Gasteiger partial charge in [-0.1, -0.05) is 13.8 Å². The summed E-state index contributed by atoms with van der Waals surface area (Å²) < 4.78 is 12.8. The summed E-state index contributed by atoms with van der Waals surface area (Å²) in [6.07, 6.45) is 0.530. The number of carbonyl (C=O) groups is 2. The highest BCUT2D eigenvalue weighted by Crippen LogP contribution is 2.24. The number of aryl methyl sites for hydroxylation is 2. The van der Waals surface area contributed by atoms with Crippen LogP contribution in [0.25, 0.3) is 11.0 Å². The second-order valence-electron chi connectivity index (χ2n) is 11.4. The Morgan fingerprint density at radius 1 is 1.12 bits per heavy atom. The number of benzene rings is 1. The predicted octanol–water partition coefficient (Wildman–Crippen LogP) is 5.23. The van der Waals surface area contributed by atoms with Gasteiger partial charge < -0.3 is 29.6 Å². The van der Waals surface area contributed by atoms with Gasteiger partial charge in [0.15, 0.2) is 0 Å². The van der Waals surface area contributed by atoms with Crippen molar-refractivity contribution in [3.63, 3.8) is 0 Å². The Balaban J connectivity index is 2.29. The standard InChI is InChI=1S/C29H46Cl2N6O4/c1-8-40-26(32)23(17-19(2)3)34-27(38)21(35-28(39)41-29(4,5)6)10-12-25-33-22-18-20(9-11-24(22)36(25)7)37(15-13-30)16-14-31/h9,11,18-19,21,23,32H,8,10,12-17H2,1-7H3,(H,34,38)(H,35,39)/t21-,23-/m0/s1. The van der Waals surface area contributed by atoms with Crippen LogP contribution < -0.4 is 15.5 Å². The number of nitrogens with one attached hydrogen (secondary N) is 3. The highest BCUT2D eigenvalue weighted by Gasteiger charge is 2.28. The van der Waals surface area contributed by atoms with Crippen molar-refractivity contribution in [3.05, 3.63) is 24.0 Å². The molecule has 2 rings (SSSR count). The van der Waals surface area contributed by atoms with Crippen LogP contribution in [0.4, 0.5) is 10.5 Å². The maximum Gasteiger partial charge on any atom is 0.408 e. The summed E-state index contributed by atoms with van der Waals surface area (Å²) in [4.78, 5) is 33.1. The molecule has 2 aromatic rings. The number of fused-ring (bicyclic) bond motifs is 1. The summed E-state index contributed by atoms with van der Waals surface area (Å²) in [6.45, 7) is 12.8. The molecule has 0 fully saturated rings. The van der Waals surface area contributed by atoms with Crippen LogP contribution in [0.5, 0.6) is 0 Å². The third-order valence-corrected chi connectivity index (χ3v) is 6.67. The number of hydrogen-bond donors (Lipinski definition) is 3. The number of rotatable bonds is 15. The lowest BCUT2D eigenvalue weighted by molar-refractivity contribution is -0.123. The van der Waals surface area contributed by atoms with Crippen molar-refractivity contribution in [1.82, 2.24) is 20.2 Å². The highest BCUT2D eigenvalue weighted by molar-refractivity contribution is 6.18. The first-order valence-corrected chi connectivity index (χ1v) is 15.2. The fraction of sp³-hybridized carbons (Fsp3) is 0.655. The highest BCUT2D eigenvalue weighted by atomic mass is 35.5. The van der Waals surface area contributed by atoms with E-state index in [1.54, 1.807) is 27.7 Å². The molecular formula is C29H46Cl2N6O4. The largest absolute Gasteiger partial charge is 0.480 e. The molecule has 0 aliphatic heterocycles. The van der Waals surface area contributed by atoms with Crippen molar-refractivity contribution in [2.24, 2.45) is 13.0 Å². The summed E-state index contributed by atoms with van der Waals surface area (Å²) in [7, 11) is 1.93. The Hall–Kier alpha value is -2.72. The van der Waals surface area contributed by atoms with E-state index < -0.39 is 29.7 Å². The third kappa shape index (κ3) is 10.9. The second-order valence-corrected chi connectivity index (χ2v) is 12.1. The van der Waals surface area contributed by atoms with Crippen molar-refractivity contribution in [3.8, 4) is 0 Å². The molecule has 0 saturated carbocycles. The normalized spacial score (nSPS) is 13.1. The number of amides is 2. The van der Waals surface area contributed by atoms with Crippen LogP contribution in [0.15, 0.2) is 18.2 Å². The number of halogens is 2. The molecule has 1 aromatic carbocycles. The van der Waals surface area contributed by atoms with Crippen LogP contribution in [0.1, 0.15) is 60.2 Å². The Bertz CT molecular complexity index is 1160. The molecule has 1 heterocycles. The van der Waals surface area contributed by atoms with Crippen molar-refractivity contribution in [2.45, 2.75) is 78.5 Å². The number of alkyl halides is 2. The average molecular weight is 614 g/mol. The van der Waals surface area contributed by atoms with E-state index in [2.05, 4.69) is 15.5 Å². The van der Waals surface area contributed by atoms with Crippen LogP contribution in [-0.4, -0.2) is 76.6 Å². The van der Waals surface area contributed by atoms with E-state index in [1.165, 1.54) is 0 Å². The van der Waals surface area contributed by atoms with Crippen LogP contribution in [0.3, 0.4) is 0 Å². The summed E-state index contributed by atoms with van der Waals surface area (Å²) in [6, 6.07) is 4.53. The summed E-state index contributed by atoms with van der Waals surface area (Å²) in [5, 5.41) is 13.9. The van der Waals surface area contributed by atoms with Crippen LogP contribution in [0.2, 0.25) is 0 Å². The Kier molecular flexibility index (Phi) is 13.5. The molecule has 0 saturated heterocycles. The minimum absolute atomic E-state index is 0.00546. The Morgan fingerprint density at radius 2 is 1.78 bits per heavy atom. The van der Waals surface area contributed by atoms with E-state index in [4.69, 9.17) is 43.1 Å². The van der Waals surface area contributed by atoms with E-state index >= 15 is 0 Å². The summed E-state index contributed by atoms with van der Waals surface area (Å²) >= 11 is 12.0. The van der Waals surface area contributed by atoms with Gasteiger partial charge in [0.05, 0.1) is 17.6 Å². The number of nitrogens with zero attached hydrogens (tertiary/aromatic N) is 3. The van der Waals surface area contributed by atoms with E-state index in [9.17, 15) is 9.59 Å². The average Bonchev–Trinajstić information content (AvgIpc) is 3.19. The number of imidazole rings is 1. The molecule has 10 nitrogen and oxygen atoms in total. The lowest BCUT2D eigenvalue weighted by Crippen LogP contribution is -2.53. The van der Waals surface area contributed by atoms with Crippen LogP contribution in [0, 0.1) is 11.3 Å². The Labute approximate surface area is 253 Å². The van der Waals surface area contributed by atoms with Crippen molar-refractivity contribution in [1.29, 1.82) is 5.41 Å². The molecule has 12 heteroatoms. The SMILES string of the molecule is CCOC(=N)[C@H](CC(C)C)NC(=O)[C@H](CCc1nc2cc(N(CCCl)CCCl)ccc2n1C)NC(=O)OC(C)(C)C. The zero-order chi connectivity index (χ0) is 30.7. The van der Waals surface area contributed by atoms with E-state index in [-0.39, 0.29) is 18.2 Å². The van der Waals surface area contributed by atoms with Gasteiger partial charge in [-0.15, -0.1) is 23.2 Å². The molecular weight excluding hydrogens is 567 g/mol. The molecule has 3 N–H and O–H groups in total. The van der Waals surface area contributed by atoms with Crippen molar-refractivity contribution in [2.75, 3.05) is 36.4 Å². The lowest BCUT2D eigenvalue weighted by atomic mass is 10.0. The monoisotopic (exact) mass is 612 g/mol. The number of hydrogen-bond acceptors (Lipinski definition) is 7. The molecule has 0 spiro atoms. The molecule has 0 radical (unpaired) electrons. The molecule has 1 aromatic heterocycles. The third-order valence-electron chi connectivity index (χ3n) is 6.34. The van der Waals surface area contributed by atoms with E-state index in [0.29, 0.717) is 44.3 Å². The first-order valence-electron chi connectivity index (χ1n) is 14.1. The molecule has 2 amide bonds. The van der Waals surface area contributed by atoms with Gasteiger partial charge in [-0.2, -0.15) is 0 Å². The summed E-state index contributed by atoms with van der Waals surface area (Å²) in [5.41, 5.74) is 2.03.